The van der Waals surface area contributed by atoms with Gasteiger partial charge in [0, 0.05) is 28.2 Å². The number of aryl methyl sites for hydroxylation is 1. The Morgan fingerprint density at radius 1 is 0.698 bits per heavy atom. The molecule has 0 amide bonds. The van der Waals surface area contributed by atoms with E-state index in [2.05, 4.69) is 164 Å². The molecule has 270 valence electrons. The van der Waals surface area contributed by atoms with Crippen molar-refractivity contribution in [3.63, 3.8) is 0 Å². The monoisotopic (exact) mass is 699 g/mol. The number of rotatable bonds is 8. The first kappa shape index (κ1) is 38.7. The maximum Gasteiger partial charge on any atom is 0.160 e. The van der Waals surface area contributed by atoms with Gasteiger partial charge >= 0.3 is 0 Å². The SMILES string of the molecule is C=Cc1cc(C=O)c(C(C)=O)cc1C=C.CC=Cc1ccc2cc(N(c3cc(C(C)(C)C)cc(C(C)(C)C)c3)c3ccc4c(c3)C=CCC4)ccc2c1. The summed E-state index contributed by atoms with van der Waals surface area (Å²) < 4.78 is 0. The highest BCUT2D eigenvalue weighted by Crippen LogP contribution is 2.41. The lowest BCUT2D eigenvalue weighted by molar-refractivity contribution is 0.100. The maximum atomic E-state index is 11.3. The second-order valence-corrected chi connectivity index (χ2v) is 15.9. The van der Waals surface area contributed by atoms with Gasteiger partial charge in [-0.2, -0.15) is 0 Å². The lowest BCUT2D eigenvalue weighted by Gasteiger charge is -2.32. The quantitative estimate of drug-likeness (QED) is 0.119. The van der Waals surface area contributed by atoms with Crippen molar-refractivity contribution in [2.75, 3.05) is 4.90 Å². The van der Waals surface area contributed by atoms with Crippen LogP contribution in [0, 0.1) is 0 Å². The molecule has 1 aliphatic carbocycles. The summed E-state index contributed by atoms with van der Waals surface area (Å²) in [5, 5.41) is 2.51. The van der Waals surface area contributed by atoms with Crippen LogP contribution in [0.2, 0.25) is 0 Å². The summed E-state index contributed by atoms with van der Waals surface area (Å²) in [7, 11) is 0. The number of benzene rings is 5. The average Bonchev–Trinajstić information content (AvgIpc) is 3.13. The molecule has 5 aromatic carbocycles. The third-order valence-corrected chi connectivity index (χ3v) is 9.84. The van der Waals surface area contributed by atoms with Crippen LogP contribution in [0.1, 0.15) is 121 Å². The number of nitrogens with zero attached hydrogens (tertiary/aromatic N) is 1. The Kier molecular flexibility index (Phi) is 11.7. The van der Waals surface area contributed by atoms with Crippen molar-refractivity contribution < 1.29 is 9.59 Å². The number of hydrogen-bond donors (Lipinski definition) is 0. The lowest BCUT2D eigenvalue weighted by atomic mass is 9.80. The van der Waals surface area contributed by atoms with Gasteiger partial charge < -0.3 is 4.90 Å². The third-order valence-electron chi connectivity index (χ3n) is 9.84. The molecule has 0 radical (unpaired) electrons. The van der Waals surface area contributed by atoms with Crippen LogP contribution in [0.4, 0.5) is 17.1 Å². The Hall–Kier alpha value is -5.54. The Balaban J connectivity index is 0.000000303. The topological polar surface area (TPSA) is 37.4 Å². The van der Waals surface area contributed by atoms with Gasteiger partial charge in [-0.05, 0) is 142 Å². The molecule has 0 atom stereocenters. The van der Waals surface area contributed by atoms with E-state index in [0.29, 0.717) is 17.4 Å². The minimum Gasteiger partial charge on any atom is -0.310 e. The second kappa shape index (κ2) is 16.0. The summed E-state index contributed by atoms with van der Waals surface area (Å²) in [6.07, 6.45) is 15.0. The first-order valence-electron chi connectivity index (χ1n) is 18.5. The van der Waals surface area contributed by atoms with Gasteiger partial charge in [-0.3, -0.25) is 9.59 Å². The van der Waals surface area contributed by atoms with Crippen molar-refractivity contribution in [1.29, 1.82) is 0 Å². The Labute approximate surface area is 317 Å². The number of carbonyl (C=O) groups is 2. The van der Waals surface area contributed by atoms with Crippen molar-refractivity contribution >= 4 is 64.2 Å². The first-order chi connectivity index (χ1) is 25.2. The first-order valence-corrected chi connectivity index (χ1v) is 18.5. The van der Waals surface area contributed by atoms with E-state index in [1.165, 1.54) is 62.6 Å². The van der Waals surface area contributed by atoms with E-state index in [9.17, 15) is 9.59 Å². The molecule has 0 saturated carbocycles. The number of fused-ring (bicyclic) bond motifs is 2. The van der Waals surface area contributed by atoms with Crippen LogP contribution in [0.15, 0.2) is 110 Å². The largest absolute Gasteiger partial charge is 0.310 e. The highest BCUT2D eigenvalue weighted by atomic mass is 16.1. The number of ketones is 1. The van der Waals surface area contributed by atoms with Crippen LogP contribution in [0.5, 0.6) is 0 Å². The summed E-state index contributed by atoms with van der Waals surface area (Å²) in [5.41, 5.74) is 12.8. The van der Waals surface area contributed by atoms with E-state index in [4.69, 9.17) is 0 Å². The van der Waals surface area contributed by atoms with E-state index in [1.54, 1.807) is 24.3 Å². The predicted octanol–water partition coefficient (Wildman–Crippen LogP) is 13.9. The number of anilines is 3. The van der Waals surface area contributed by atoms with Crippen LogP contribution >= 0.6 is 0 Å². The van der Waals surface area contributed by atoms with Crippen LogP contribution in [0.3, 0.4) is 0 Å². The molecule has 0 bridgehead atoms. The number of allylic oxidation sites excluding steroid dienone is 2. The summed E-state index contributed by atoms with van der Waals surface area (Å²) in [6, 6.07) is 31.1. The molecule has 0 fully saturated rings. The Morgan fingerprint density at radius 2 is 1.30 bits per heavy atom. The highest BCUT2D eigenvalue weighted by molar-refractivity contribution is 6.02. The van der Waals surface area contributed by atoms with E-state index < -0.39 is 0 Å². The van der Waals surface area contributed by atoms with E-state index in [-0.39, 0.29) is 16.6 Å². The van der Waals surface area contributed by atoms with E-state index >= 15 is 0 Å². The number of aldehydes is 1. The minimum absolute atomic E-state index is 0.0485. The molecule has 0 aliphatic heterocycles. The van der Waals surface area contributed by atoms with Crippen molar-refractivity contribution in [1.82, 2.24) is 0 Å². The minimum atomic E-state index is -0.129. The van der Waals surface area contributed by atoms with Crippen LogP contribution in [-0.2, 0) is 17.3 Å². The lowest BCUT2D eigenvalue weighted by Crippen LogP contribution is -2.19. The smallest absolute Gasteiger partial charge is 0.160 e. The predicted molar refractivity (Wildman–Crippen MR) is 230 cm³/mol. The van der Waals surface area contributed by atoms with Gasteiger partial charge in [0.05, 0.1) is 0 Å². The van der Waals surface area contributed by atoms with Gasteiger partial charge in [-0.1, -0.05) is 121 Å². The molecule has 5 aromatic rings. The molecular weight excluding hydrogens is 647 g/mol. The van der Waals surface area contributed by atoms with Crippen LogP contribution in [-0.4, -0.2) is 12.1 Å². The molecule has 0 spiro atoms. The second-order valence-electron chi connectivity index (χ2n) is 15.9. The number of Topliss-reactive ketones (excluding diaryl/α,β-unsaturated/α-hetero) is 1. The number of hydrogen-bond acceptors (Lipinski definition) is 3. The van der Waals surface area contributed by atoms with Crippen molar-refractivity contribution in [3.05, 3.63) is 160 Å². The zero-order chi connectivity index (χ0) is 38.5. The molecule has 3 nitrogen and oxygen atoms in total. The molecule has 0 unspecified atom stereocenters. The molecular formula is C50H53NO2. The van der Waals surface area contributed by atoms with Crippen molar-refractivity contribution in [2.45, 2.75) is 79.1 Å². The summed E-state index contributed by atoms with van der Waals surface area (Å²) in [6.45, 7) is 24.7. The highest BCUT2D eigenvalue weighted by Gasteiger charge is 2.24. The standard InChI is InChI=1S/C37H41N.C13H12O2/c1-8-11-26-14-15-30-22-34(19-17-29(30)20-26)38(33-18-16-27-12-9-10-13-28(27)21-33)35-24-31(36(2,3)4)23-32(25-35)37(5,6)7;1-4-10-6-12(8-14)13(9(3)15)7-11(10)5-2/h8,10-11,13-25H,9,12H2,1-7H3;4-8H,1-2H2,3H3. The molecule has 0 saturated heterocycles. The molecule has 0 aromatic heterocycles. The Morgan fingerprint density at radius 3 is 1.91 bits per heavy atom. The van der Waals surface area contributed by atoms with Gasteiger partial charge in [0.1, 0.15) is 0 Å². The maximum absolute atomic E-state index is 11.3. The summed E-state index contributed by atoms with van der Waals surface area (Å²) in [4.78, 5) is 24.5. The van der Waals surface area contributed by atoms with E-state index in [1.807, 2.05) is 0 Å². The van der Waals surface area contributed by atoms with Gasteiger partial charge in [-0.15, -0.1) is 0 Å². The summed E-state index contributed by atoms with van der Waals surface area (Å²) >= 11 is 0. The van der Waals surface area contributed by atoms with Crippen LogP contribution in [0.25, 0.3) is 35.1 Å². The summed E-state index contributed by atoms with van der Waals surface area (Å²) in [5.74, 6) is -0.129. The molecule has 0 N–H and O–H groups in total. The molecule has 53 heavy (non-hydrogen) atoms. The Bertz CT molecular complexity index is 2220. The van der Waals surface area contributed by atoms with Gasteiger partial charge in [0.2, 0.25) is 0 Å². The molecule has 0 heterocycles. The van der Waals surface area contributed by atoms with Gasteiger partial charge in [0.15, 0.2) is 12.1 Å². The van der Waals surface area contributed by atoms with Gasteiger partial charge in [0.25, 0.3) is 0 Å². The molecule has 3 heteroatoms. The molecule has 1 aliphatic rings. The zero-order valence-electron chi connectivity index (χ0n) is 32.7. The number of carbonyl (C=O) groups excluding carboxylic acids is 2. The third kappa shape index (κ3) is 8.92. The molecule has 6 rings (SSSR count). The zero-order valence-corrected chi connectivity index (χ0v) is 32.7. The normalized spacial score (nSPS) is 12.5. The van der Waals surface area contributed by atoms with Crippen molar-refractivity contribution in [3.8, 4) is 0 Å². The van der Waals surface area contributed by atoms with Crippen LogP contribution < -0.4 is 4.90 Å². The fourth-order valence-electron chi connectivity index (χ4n) is 6.70. The fraction of sp³-hybridized carbons (Fsp3) is 0.240. The van der Waals surface area contributed by atoms with E-state index in [0.717, 1.165) is 24.0 Å². The van der Waals surface area contributed by atoms with Crippen molar-refractivity contribution in [2.24, 2.45) is 0 Å². The average molecular weight is 700 g/mol. The fourth-order valence-corrected chi connectivity index (χ4v) is 6.70. The van der Waals surface area contributed by atoms with Gasteiger partial charge in [-0.25, -0.2) is 0 Å².